The van der Waals surface area contributed by atoms with Crippen LogP contribution in [0.2, 0.25) is 0 Å². The van der Waals surface area contributed by atoms with Crippen LogP contribution in [0.1, 0.15) is 6.92 Å². The topological polar surface area (TPSA) is 41.8 Å². The van der Waals surface area contributed by atoms with Gasteiger partial charge in [-0.15, -0.1) is 11.6 Å². The molecule has 13 heavy (non-hydrogen) atoms. The molecule has 0 saturated heterocycles. The van der Waals surface area contributed by atoms with Crippen LogP contribution >= 0.6 is 23.4 Å². The number of rotatable bonds is 1. The summed E-state index contributed by atoms with van der Waals surface area (Å²) in [6, 6.07) is 0. The molecule has 0 aromatic heterocycles. The zero-order valence-corrected chi connectivity index (χ0v) is 8.52. The van der Waals surface area contributed by atoms with E-state index in [1.54, 1.807) is 0 Å². The first-order valence-corrected chi connectivity index (χ1v) is 5.23. The quantitative estimate of drug-likeness (QED) is 0.625. The van der Waals surface area contributed by atoms with Crippen molar-refractivity contribution in [3.8, 4) is 0 Å². The number of thioether (sulfide) groups is 1. The lowest BCUT2D eigenvalue weighted by Crippen LogP contribution is -2.25. The van der Waals surface area contributed by atoms with Gasteiger partial charge < -0.3 is 0 Å². The summed E-state index contributed by atoms with van der Waals surface area (Å²) in [5, 5.41) is 2.75. The normalized spacial score (nSPS) is 26.5. The Balaban J connectivity index is 2.36. The van der Waals surface area contributed by atoms with E-state index in [2.05, 4.69) is 9.98 Å². The highest BCUT2D eigenvalue weighted by molar-refractivity contribution is 8.17. The zero-order valence-electron chi connectivity index (χ0n) is 6.95. The summed E-state index contributed by atoms with van der Waals surface area (Å²) in [5.41, 5.74) is 1.02. The summed E-state index contributed by atoms with van der Waals surface area (Å²) < 4.78 is 0. The average Bonchev–Trinajstić information content (AvgIpc) is 2.48. The van der Waals surface area contributed by atoms with Gasteiger partial charge in [0.25, 0.3) is 5.91 Å². The zero-order chi connectivity index (χ0) is 9.42. The maximum atomic E-state index is 11.5. The molecule has 1 unspecified atom stereocenters. The first-order valence-electron chi connectivity index (χ1n) is 3.81. The van der Waals surface area contributed by atoms with Gasteiger partial charge in [-0.3, -0.25) is 4.79 Å². The first-order chi connectivity index (χ1) is 6.22. The fraction of sp³-hybridized carbons (Fsp3) is 0.375. The lowest BCUT2D eigenvalue weighted by atomic mass is 10.0. The van der Waals surface area contributed by atoms with Crippen molar-refractivity contribution >= 4 is 40.1 Å². The molecular weight excluding hydrogens is 208 g/mol. The number of alkyl halides is 1. The van der Waals surface area contributed by atoms with Gasteiger partial charge in [0.1, 0.15) is 11.8 Å². The van der Waals surface area contributed by atoms with Crippen molar-refractivity contribution in [1.29, 1.82) is 0 Å². The van der Waals surface area contributed by atoms with Crippen molar-refractivity contribution in [2.24, 2.45) is 15.9 Å². The minimum atomic E-state index is -0.225. The van der Waals surface area contributed by atoms with Gasteiger partial charge in [-0.25, -0.2) is 4.99 Å². The van der Waals surface area contributed by atoms with Crippen LogP contribution in [0.4, 0.5) is 0 Å². The molecule has 68 valence electrons. The number of fused-ring (bicyclic) bond motifs is 1. The summed E-state index contributed by atoms with van der Waals surface area (Å²) in [6.07, 6.45) is 0. The number of hydrogen-bond donors (Lipinski definition) is 0. The van der Waals surface area contributed by atoms with Crippen LogP contribution in [-0.4, -0.2) is 22.7 Å². The van der Waals surface area contributed by atoms with E-state index in [4.69, 9.17) is 11.6 Å². The Bertz CT molecular complexity index is 359. The van der Waals surface area contributed by atoms with Crippen LogP contribution in [0.5, 0.6) is 0 Å². The van der Waals surface area contributed by atoms with Crippen LogP contribution in [0.15, 0.2) is 21.0 Å². The Kier molecular flexibility index (Phi) is 2.26. The number of amidine groups is 1. The van der Waals surface area contributed by atoms with E-state index in [1.165, 1.54) is 11.8 Å². The van der Waals surface area contributed by atoms with Crippen LogP contribution in [0.25, 0.3) is 0 Å². The van der Waals surface area contributed by atoms with Crippen molar-refractivity contribution in [1.82, 2.24) is 0 Å². The molecule has 1 amide bonds. The Morgan fingerprint density at radius 3 is 3.08 bits per heavy atom. The maximum absolute atomic E-state index is 11.5. The SMILES string of the molecule is CC1=CSC2=NC(CCl)=NC(=O)C12. The van der Waals surface area contributed by atoms with Crippen LogP contribution < -0.4 is 0 Å². The molecule has 0 bridgehead atoms. The van der Waals surface area contributed by atoms with E-state index in [0.717, 1.165) is 10.6 Å². The van der Waals surface area contributed by atoms with E-state index >= 15 is 0 Å². The van der Waals surface area contributed by atoms with Crippen molar-refractivity contribution in [2.45, 2.75) is 6.92 Å². The van der Waals surface area contributed by atoms with Gasteiger partial charge in [0.15, 0.2) is 0 Å². The Morgan fingerprint density at radius 2 is 2.38 bits per heavy atom. The van der Waals surface area contributed by atoms with Gasteiger partial charge in [-0.2, -0.15) is 4.99 Å². The Morgan fingerprint density at radius 1 is 1.62 bits per heavy atom. The minimum Gasteiger partial charge on any atom is -0.271 e. The molecule has 0 saturated carbocycles. The smallest absolute Gasteiger partial charge is 0.261 e. The van der Waals surface area contributed by atoms with E-state index in [1.807, 2.05) is 12.3 Å². The largest absolute Gasteiger partial charge is 0.271 e. The maximum Gasteiger partial charge on any atom is 0.261 e. The molecule has 0 fully saturated rings. The summed E-state index contributed by atoms with van der Waals surface area (Å²) in [5.74, 6) is 0.256. The van der Waals surface area contributed by atoms with Crippen LogP contribution in [0, 0.1) is 5.92 Å². The van der Waals surface area contributed by atoms with Gasteiger partial charge in [0.05, 0.1) is 10.9 Å². The van der Waals surface area contributed by atoms with Crippen molar-refractivity contribution < 1.29 is 4.79 Å². The molecule has 0 radical (unpaired) electrons. The second kappa shape index (κ2) is 3.27. The first kappa shape index (κ1) is 8.97. The molecule has 2 heterocycles. The molecule has 0 spiro atoms. The molecule has 0 aliphatic carbocycles. The number of amides is 1. The fourth-order valence-corrected chi connectivity index (χ4v) is 2.42. The lowest BCUT2D eigenvalue weighted by molar-refractivity contribution is -0.118. The van der Waals surface area contributed by atoms with Gasteiger partial charge in [-0.1, -0.05) is 11.8 Å². The summed E-state index contributed by atoms with van der Waals surface area (Å²) in [7, 11) is 0. The monoisotopic (exact) mass is 214 g/mol. The Hall–Kier alpha value is -0.610. The number of nitrogens with zero attached hydrogens (tertiary/aromatic N) is 2. The molecule has 2 aliphatic rings. The average molecular weight is 215 g/mol. The highest BCUT2D eigenvalue weighted by Gasteiger charge is 2.33. The fourth-order valence-electron chi connectivity index (χ4n) is 1.28. The third-order valence-electron chi connectivity index (χ3n) is 1.91. The van der Waals surface area contributed by atoms with E-state index in [9.17, 15) is 4.79 Å². The molecular formula is C8H7ClN2OS. The highest BCUT2D eigenvalue weighted by Crippen LogP contribution is 2.33. The second-order valence-electron chi connectivity index (χ2n) is 2.86. The van der Waals surface area contributed by atoms with Crippen LogP contribution in [-0.2, 0) is 4.79 Å². The standard InChI is InChI=1S/C8H7ClN2OS/c1-4-3-13-8-6(4)7(12)10-5(2-9)11-8/h3,6H,2H2,1H3. The lowest BCUT2D eigenvalue weighted by Gasteiger charge is -2.13. The molecule has 2 rings (SSSR count). The van der Waals surface area contributed by atoms with E-state index in [-0.39, 0.29) is 17.7 Å². The van der Waals surface area contributed by atoms with Gasteiger partial charge in [0, 0.05) is 0 Å². The third kappa shape index (κ3) is 1.44. The molecule has 1 atom stereocenters. The molecule has 0 N–H and O–H groups in total. The number of hydrogen-bond acceptors (Lipinski definition) is 3. The summed E-state index contributed by atoms with van der Waals surface area (Å²) >= 11 is 7.04. The van der Waals surface area contributed by atoms with Crippen molar-refractivity contribution in [3.63, 3.8) is 0 Å². The van der Waals surface area contributed by atoms with Gasteiger partial charge >= 0.3 is 0 Å². The van der Waals surface area contributed by atoms with Crippen molar-refractivity contribution in [2.75, 3.05) is 5.88 Å². The molecule has 5 heteroatoms. The molecule has 0 aromatic rings. The van der Waals surface area contributed by atoms with E-state index in [0.29, 0.717) is 5.84 Å². The van der Waals surface area contributed by atoms with Crippen LogP contribution in [0.3, 0.4) is 0 Å². The van der Waals surface area contributed by atoms with Gasteiger partial charge in [-0.05, 0) is 17.9 Å². The predicted molar refractivity (Wildman–Crippen MR) is 55.4 cm³/mol. The number of carbonyl (C=O) groups excluding carboxylic acids is 1. The van der Waals surface area contributed by atoms with Crippen molar-refractivity contribution in [3.05, 3.63) is 11.0 Å². The predicted octanol–water partition coefficient (Wildman–Crippen LogP) is 1.83. The van der Waals surface area contributed by atoms with Gasteiger partial charge in [0.2, 0.25) is 0 Å². The van der Waals surface area contributed by atoms with E-state index < -0.39 is 0 Å². The third-order valence-corrected chi connectivity index (χ3v) is 3.21. The Labute approximate surface area is 85.0 Å². The summed E-state index contributed by atoms with van der Waals surface area (Å²) in [4.78, 5) is 19.5. The minimum absolute atomic E-state index is 0.139. The molecule has 3 nitrogen and oxygen atoms in total. The summed E-state index contributed by atoms with van der Waals surface area (Å²) in [6.45, 7) is 1.92. The number of carbonyl (C=O) groups is 1. The number of halogens is 1. The highest BCUT2D eigenvalue weighted by atomic mass is 35.5. The second-order valence-corrected chi connectivity index (χ2v) is 4.02. The number of aliphatic imine (C=N–C) groups is 2. The molecule has 2 aliphatic heterocycles. The molecule has 0 aromatic carbocycles.